The first kappa shape index (κ1) is 20.0. The number of fused-ring (bicyclic) bond motifs is 1. The van der Waals surface area contributed by atoms with Gasteiger partial charge in [0.25, 0.3) is 0 Å². The highest BCUT2D eigenvalue weighted by atomic mass is 79.9. The van der Waals surface area contributed by atoms with Crippen molar-refractivity contribution < 1.29 is 9.47 Å². The van der Waals surface area contributed by atoms with Gasteiger partial charge >= 0.3 is 0 Å². The fourth-order valence-electron chi connectivity index (χ4n) is 3.95. The van der Waals surface area contributed by atoms with E-state index in [1.54, 1.807) is 0 Å². The third-order valence-electron chi connectivity index (χ3n) is 5.47. The summed E-state index contributed by atoms with van der Waals surface area (Å²) in [6.07, 6.45) is 5.41. The minimum atomic E-state index is 0.247. The van der Waals surface area contributed by atoms with Crippen molar-refractivity contribution in [3.8, 4) is 11.5 Å². The van der Waals surface area contributed by atoms with Crippen LogP contribution in [0.4, 0.5) is 0 Å². The molecule has 2 nitrogen and oxygen atoms in total. The van der Waals surface area contributed by atoms with Crippen LogP contribution in [0.25, 0.3) is 0 Å². The third-order valence-corrected chi connectivity index (χ3v) is 6.03. The second kappa shape index (κ2) is 9.98. The van der Waals surface area contributed by atoms with E-state index in [2.05, 4.69) is 82.7 Å². The molecule has 3 aromatic rings. The van der Waals surface area contributed by atoms with Crippen molar-refractivity contribution >= 4 is 15.9 Å². The standard InChI is InChI=1S/C26H27BrO2/c27-17-7-12-23-24-18-22(14-13-20-8-3-1-4-9-20)29-26(24)16-15-25(23)28-19-21-10-5-2-6-11-21/h1-6,8-11,15-16,22H,7,12-14,17-19H2. The van der Waals surface area contributed by atoms with Gasteiger partial charge in [0.15, 0.2) is 0 Å². The van der Waals surface area contributed by atoms with E-state index in [1.807, 2.05) is 6.07 Å². The van der Waals surface area contributed by atoms with Crippen LogP contribution in [0.15, 0.2) is 72.8 Å². The topological polar surface area (TPSA) is 18.5 Å². The Kier molecular flexibility index (Phi) is 6.89. The molecule has 0 N–H and O–H groups in total. The summed E-state index contributed by atoms with van der Waals surface area (Å²) in [7, 11) is 0. The van der Waals surface area contributed by atoms with E-state index < -0.39 is 0 Å². The summed E-state index contributed by atoms with van der Waals surface area (Å²) >= 11 is 3.58. The molecule has 0 aliphatic carbocycles. The first-order valence-corrected chi connectivity index (χ1v) is 11.5. The number of rotatable bonds is 9. The molecule has 0 fully saturated rings. The molecule has 1 unspecified atom stereocenters. The molecule has 4 rings (SSSR count). The van der Waals surface area contributed by atoms with Gasteiger partial charge in [-0.25, -0.2) is 0 Å². The van der Waals surface area contributed by atoms with E-state index >= 15 is 0 Å². The SMILES string of the molecule is BrCCCc1c(OCc2ccccc2)ccc2c1CC(CCc1ccccc1)O2. The third kappa shape index (κ3) is 5.22. The van der Waals surface area contributed by atoms with Crippen LogP contribution in [0.1, 0.15) is 35.1 Å². The van der Waals surface area contributed by atoms with Gasteiger partial charge in [0.05, 0.1) is 0 Å². The van der Waals surface area contributed by atoms with E-state index in [9.17, 15) is 0 Å². The lowest BCUT2D eigenvalue weighted by atomic mass is 9.96. The zero-order chi connectivity index (χ0) is 19.9. The zero-order valence-electron chi connectivity index (χ0n) is 16.6. The molecule has 0 radical (unpaired) electrons. The van der Waals surface area contributed by atoms with Gasteiger partial charge in [-0.2, -0.15) is 0 Å². The first-order valence-electron chi connectivity index (χ1n) is 10.4. The van der Waals surface area contributed by atoms with Gasteiger partial charge in [-0.1, -0.05) is 76.6 Å². The quantitative estimate of drug-likeness (QED) is 0.345. The van der Waals surface area contributed by atoms with Gasteiger partial charge in [0.1, 0.15) is 24.2 Å². The molecule has 0 saturated carbocycles. The molecule has 1 aliphatic heterocycles. The van der Waals surface area contributed by atoms with E-state index in [0.29, 0.717) is 6.61 Å². The smallest absolute Gasteiger partial charge is 0.123 e. The number of hydrogen-bond acceptors (Lipinski definition) is 2. The van der Waals surface area contributed by atoms with Gasteiger partial charge in [-0.3, -0.25) is 0 Å². The molecule has 1 atom stereocenters. The predicted octanol–water partition coefficient (Wildman–Crippen LogP) is 6.53. The number of ether oxygens (including phenoxy) is 2. The Hall–Kier alpha value is -2.26. The van der Waals surface area contributed by atoms with Crippen molar-refractivity contribution in [2.45, 2.75) is 44.8 Å². The number of alkyl halides is 1. The average Bonchev–Trinajstić information content (AvgIpc) is 3.20. The van der Waals surface area contributed by atoms with E-state index in [0.717, 1.165) is 48.9 Å². The van der Waals surface area contributed by atoms with Gasteiger partial charge in [0, 0.05) is 22.9 Å². The van der Waals surface area contributed by atoms with Crippen molar-refractivity contribution in [1.29, 1.82) is 0 Å². The molecular weight excluding hydrogens is 424 g/mol. The van der Waals surface area contributed by atoms with Crippen LogP contribution in [0, 0.1) is 0 Å². The number of halogens is 1. The van der Waals surface area contributed by atoms with Gasteiger partial charge < -0.3 is 9.47 Å². The summed E-state index contributed by atoms with van der Waals surface area (Å²) in [5, 5.41) is 0.993. The summed E-state index contributed by atoms with van der Waals surface area (Å²) in [5.74, 6) is 2.04. The van der Waals surface area contributed by atoms with Gasteiger partial charge in [-0.05, 0) is 48.9 Å². The summed E-state index contributed by atoms with van der Waals surface area (Å²) < 4.78 is 12.5. The Labute approximate surface area is 182 Å². The molecule has 0 saturated heterocycles. The molecule has 0 spiro atoms. The van der Waals surface area contributed by atoms with Crippen molar-refractivity contribution in [1.82, 2.24) is 0 Å². The zero-order valence-corrected chi connectivity index (χ0v) is 18.2. The van der Waals surface area contributed by atoms with Crippen molar-refractivity contribution in [3.05, 3.63) is 95.1 Å². The Bertz CT molecular complexity index is 909. The summed E-state index contributed by atoms with van der Waals surface area (Å²) in [6, 6.07) is 25.2. The normalized spacial score (nSPS) is 15.0. The highest BCUT2D eigenvalue weighted by molar-refractivity contribution is 9.09. The van der Waals surface area contributed by atoms with Crippen LogP contribution in [-0.2, 0) is 25.9 Å². The molecule has 1 heterocycles. The van der Waals surface area contributed by atoms with Crippen LogP contribution in [0.2, 0.25) is 0 Å². The van der Waals surface area contributed by atoms with Crippen LogP contribution in [-0.4, -0.2) is 11.4 Å². The predicted molar refractivity (Wildman–Crippen MR) is 122 cm³/mol. The highest BCUT2D eigenvalue weighted by Gasteiger charge is 2.27. The lowest BCUT2D eigenvalue weighted by Gasteiger charge is -2.14. The van der Waals surface area contributed by atoms with Crippen LogP contribution < -0.4 is 9.47 Å². The number of aryl methyl sites for hydroxylation is 1. The fourth-order valence-corrected chi connectivity index (χ4v) is 4.24. The minimum Gasteiger partial charge on any atom is -0.490 e. The lowest BCUT2D eigenvalue weighted by Crippen LogP contribution is -2.14. The van der Waals surface area contributed by atoms with Crippen LogP contribution in [0.3, 0.4) is 0 Å². The molecular formula is C26H27BrO2. The van der Waals surface area contributed by atoms with Gasteiger partial charge in [-0.15, -0.1) is 0 Å². The average molecular weight is 451 g/mol. The second-order valence-electron chi connectivity index (χ2n) is 7.55. The second-order valence-corrected chi connectivity index (χ2v) is 8.35. The Morgan fingerprint density at radius 3 is 2.31 bits per heavy atom. The molecule has 3 aromatic carbocycles. The molecule has 0 aromatic heterocycles. The largest absolute Gasteiger partial charge is 0.490 e. The number of hydrogen-bond donors (Lipinski definition) is 0. The van der Waals surface area contributed by atoms with Crippen molar-refractivity contribution in [2.75, 3.05) is 5.33 Å². The first-order chi connectivity index (χ1) is 14.3. The van der Waals surface area contributed by atoms with E-state index in [4.69, 9.17) is 9.47 Å². The Morgan fingerprint density at radius 1 is 0.862 bits per heavy atom. The Morgan fingerprint density at radius 2 is 1.59 bits per heavy atom. The maximum absolute atomic E-state index is 6.30. The molecule has 0 bridgehead atoms. The maximum atomic E-state index is 6.30. The summed E-state index contributed by atoms with van der Waals surface area (Å²) in [6.45, 7) is 0.596. The fraction of sp³-hybridized carbons (Fsp3) is 0.308. The molecule has 1 aliphatic rings. The minimum absolute atomic E-state index is 0.247. The monoisotopic (exact) mass is 450 g/mol. The van der Waals surface area contributed by atoms with Crippen molar-refractivity contribution in [3.63, 3.8) is 0 Å². The van der Waals surface area contributed by atoms with Crippen LogP contribution >= 0.6 is 15.9 Å². The molecule has 150 valence electrons. The molecule has 0 amide bonds. The Balaban J connectivity index is 1.46. The highest BCUT2D eigenvalue weighted by Crippen LogP contribution is 2.39. The summed E-state index contributed by atoms with van der Waals surface area (Å²) in [4.78, 5) is 0. The number of benzene rings is 3. The van der Waals surface area contributed by atoms with E-state index in [1.165, 1.54) is 22.3 Å². The summed E-state index contributed by atoms with van der Waals surface area (Å²) in [5.41, 5.74) is 5.23. The lowest BCUT2D eigenvalue weighted by molar-refractivity contribution is 0.221. The van der Waals surface area contributed by atoms with Gasteiger partial charge in [0.2, 0.25) is 0 Å². The molecule has 29 heavy (non-hydrogen) atoms. The van der Waals surface area contributed by atoms with Crippen molar-refractivity contribution in [2.24, 2.45) is 0 Å². The van der Waals surface area contributed by atoms with E-state index in [-0.39, 0.29) is 6.10 Å². The maximum Gasteiger partial charge on any atom is 0.123 e. The molecule has 3 heteroatoms. The van der Waals surface area contributed by atoms with Crippen LogP contribution in [0.5, 0.6) is 11.5 Å².